The molecular weight excluding hydrogens is 376 g/mol. The lowest BCUT2D eigenvalue weighted by Gasteiger charge is -2.30. The van der Waals surface area contributed by atoms with Crippen LogP contribution in [-0.4, -0.2) is 39.4 Å². The Kier molecular flexibility index (Phi) is 5.12. The number of anilines is 1. The molecule has 0 bridgehead atoms. The summed E-state index contributed by atoms with van der Waals surface area (Å²) < 4.78 is 7.60. The fourth-order valence-corrected chi connectivity index (χ4v) is 3.64. The minimum absolute atomic E-state index is 0.0279. The molecule has 1 fully saturated rings. The number of hydrogen-bond donors (Lipinski definition) is 2. The molecule has 3 aromatic rings. The molecule has 0 saturated carbocycles. The zero-order valence-corrected chi connectivity index (χ0v) is 15.9. The number of H-pyrrole nitrogens is 1. The van der Waals surface area contributed by atoms with Crippen molar-refractivity contribution in [3.8, 4) is 5.69 Å². The monoisotopic (exact) mass is 396 g/mol. The average molecular weight is 396 g/mol. The van der Waals surface area contributed by atoms with E-state index < -0.39 is 0 Å². The molecule has 1 aromatic carbocycles. The first-order valence-electron chi connectivity index (χ1n) is 9.12. The third kappa shape index (κ3) is 3.77. The second-order valence-electron chi connectivity index (χ2n) is 6.72. The summed E-state index contributed by atoms with van der Waals surface area (Å²) in [5.74, 6) is 0.0570. The van der Waals surface area contributed by atoms with Crippen molar-refractivity contribution in [2.75, 3.05) is 18.4 Å². The van der Waals surface area contributed by atoms with E-state index in [0.717, 1.165) is 11.4 Å². The highest BCUT2D eigenvalue weighted by molar-refractivity contribution is 7.71. The molecule has 1 aliphatic rings. The minimum Gasteiger partial charge on any atom is -0.459 e. The van der Waals surface area contributed by atoms with Gasteiger partial charge < -0.3 is 19.6 Å². The molecule has 144 valence electrons. The van der Waals surface area contributed by atoms with Crippen LogP contribution in [0.1, 0.15) is 23.4 Å². The van der Waals surface area contributed by atoms with Crippen LogP contribution in [0.4, 0.5) is 5.69 Å². The minimum atomic E-state index is -0.126. The maximum Gasteiger partial charge on any atom is 0.289 e. The molecule has 0 aliphatic carbocycles. The highest BCUT2D eigenvalue weighted by Gasteiger charge is 2.28. The van der Waals surface area contributed by atoms with Gasteiger partial charge in [0.05, 0.1) is 6.26 Å². The van der Waals surface area contributed by atoms with E-state index in [9.17, 15) is 9.59 Å². The predicted molar refractivity (Wildman–Crippen MR) is 107 cm³/mol. The third-order valence-corrected chi connectivity index (χ3v) is 5.24. The Hall–Kier alpha value is -3.13. The van der Waals surface area contributed by atoms with Gasteiger partial charge in [-0.2, -0.15) is 0 Å². The molecule has 3 heterocycles. The number of carbonyl (C=O) groups is 2. The summed E-state index contributed by atoms with van der Waals surface area (Å²) in [6.07, 6.45) is 6.35. The van der Waals surface area contributed by atoms with Crippen molar-refractivity contribution in [2.24, 2.45) is 5.92 Å². The topological polar surface area (TPSA) is 83.3 Å². The predicted octanol–water partition coefficient (Wildman–Crippen LogP) is 3.62. The number of likely N-dealkylation sites (tertiary alicyclic amines) is 1. The Labute approximate surface area is 167 Å². The number of aromatic nitrogens is 2. The quantitative estimate of drug-likeness (QED) is 0.660. The SMILES string of the molecule is O=C(Nc1cccc(-n2cc[nH]c2=S)c1)C1CCN(C(=O)c2ccco2)CC1. The van der Waals surface area contributed by atoms with E-state index in [4.69, 9.17) is 16.6 Å². The fraction of sp³-hybridized carbons (Fsp3) is 0.250. The molecule has 2 aromatic heterocycles. The number of rotatable bonds is 4. The normalized spacial score (nSPS) is 14.8. The number of furan rings is 1. The van der Waals surface area contributed by atoms with E-state index in [2.05, 4.69) is 10.3 Å². The Bertz CT molecular complexity index is 1030. The van der Waals surface area contributed by atoms with E-state index in [1.54, 1.807) is 23.2 Å². The fourth-order valence-electron chi connectivity index (χ4n) is 3.40. The van der Waals surface area contributed by atoms with Crippen LogP contribution >= 0.6 is 12.2 Å². The van der Waals surface area contributed by atoms with E-state index in [-0.39, 0.29) is 17.7 Å². The number of imidazole rings is 1. The van der Waals surface area contributed by atoms with Gasteiger partial charge in [0.25, 0.3) is 5.91 Å². The van der Waals surface area contributed by atoms with Gasteiger partial charge in [0.1, 0.15) is 0 Å². The van der Waals surface area contributed by atoms with Crippen molar-refractivity contribution >= 4 is 29.7 Å². The number of hydrogen-bond acceptors (Lipinski definition) is 4. The second-order valence-corrected chi connectivity index (χ2v) is 7.11. The molecule has 7 nitrogen and oxygen atoms in total. The Morgan fingerprint density at radius 1 is 1.18 bits per heavy atom. The number of carbonyl (C=O) groups excluding carboxylic acids is 2. The molecule has 8 heteroatoms. The summed E-state index contributed by atoms with van der Waals surface area (Å²) >= 11 is 5.24. The maximum atomic E-state index is 12.7. The highest BCUT2D eigenvalue weighted by Crippen LogP contribution is 2.22. The highest BCUT2D eigenvalue weighted by atomic mass is 32.1. The van der Waals surface area contributed by atoms with Gasteiger partial charge in [0.2, 0.25) is 5.91 Å². The van der Waals surface area contributed by atoms with Crippen molar-refractivity contribution in [1.29, 1.82) is 0 Å². The van der Waals surface area contributed by atoms with Crippen molar-refractivity contribution in [2.45, 2.75) is 12.8 Å². The van der Waals surface area contributed by atoms with Gasteiger partial charge in [-0.1, -0.05) is 6.07 Å². The summed E-state index contributed by atoms with van der Waals surface area (Å²) in [7, 11) is 0. The van der Waals surface area contributed by atoms with Crippen LogP contribution < -0.4 is 5.32 Å². The van der Waals surface area contributed by atoms with Crippen LogP contribution in [0.2, 0.25) is 0 Å². The number of amides is 2. The van der Waals surface area contributed by atoms with Crippen LogP contribution in [0.5, 0.6) is 0 Å². The maximum absolute atomic E-state index is 12.7. The lowest BCUT2D eigenvalue weighted by molar-refractivity contribution is -0.121. The van der Waals surface area contributed by atoms with Crippen LogP contribution in [0.25, 0.3) is 5.69 Å². The summed E-state index contributed by atoms with van der Waals surface area (Å²) in [5, 5.41) is 2.99. The lowest BCUT2D eigenvalue weighted by Crippen LogP contribution is -2.41. The van der Waals surface area contributed by atoms with Gasteiger partial charge in [-0.05, 0) is 55.4 Å². The summed E-state index contributed by atoms with van der Waals surface area (Å²) in [6, 6.07) is 10.9. The first-order chi connectivity index (χ1) is 13.6. The van der Waals surface area contributed by atoms with Gasteiger partial charge in [-0.25, -0.2) is 0 Å². The Morgan fingerprint density at radius 3 is 2.68 bits per heavy atom. The number of benzene rings is 1. The molecule has 1 saturated heterocycles. The van der Waals surface area contributed by atoms with Gasteiger partial charge in [-0.3, -0.25) is 14.2 Å². The molecule has 2 amide bonds. The van der Waals surface area contributed by atoms with Gasteiger partial charge >= 0.3 is 0 Å². The second kappa shape index (κ2) is 7.85. The van der Waals surface area contributed by atoms with E-state index >= 15 is 0 Å². The largest absolute Gasteiger partial charge is 0.459 e. The van der Waals surface area contributed by atoms with Gasteiger partial charge in [0, 0.05) is 42.8 Å². The van der Waals surface area contributed by atoms with E-state index in [1.165, 1.54) is 6.26 Å². The van der Waals surface area contributed by atoms with E-state index in [1.807, 2.05) is 35.0 Å². The van der Waals surface area contributed by atoms with E-state index in [0.29, 0.717) is 36.5 Å². The Balaban J connectivity index is 1.37. The smallest absolute Gasteiger partial charge is 0.289 e. The first kappa shape index (κ1) is 18.2. The van der Waals surface area contributed by atoms with Crippen molar-refractivity contribution in [1.82, 2.24) is 14.5 Å². The number of nitrogens with zero attached hydrogens (tertiary/aromatic N) is 2. The zero-order valence-electron chi connectivity index (χ0n) is 15.1. The van der Waals surface area contributed by atoms with Gasteiger partial charge in [-0.15, -0.1) is 0 Å². The number of piperidine rings is 1. The van der Waals surface area contributed by atoms with Crippen LogP contribution in [0.3, 0.4) is 0 Å². The number of aromatic amines is 1. The summed E-state index contributed by atoms with van der Waals surface area (Å²) in [6.45, 7) is 1.08. The Morgan fingerprint density at radius 2 is 2.00 bits per heavy atom. The van der Waals surface area contributed by atoms with Crippen LogP contribution in [0.15, 0.2) is 59.5 Å². The molecule has 2 N–H and O–H groups in total. The molecule has 28 heavy (non-hydrogen) atoms. The summed E-state index contributed by atoms with van der Waals surface area (Å²) in [5.41, 5.74) is 1.60. The van der Waals surface area contributed by atoms with Crippen molar-refractivity contribution in [3.63, 3.8) is 0 Å². The standard InChI is InChI=1S/C20H20N4O3S/c25-18(14-6-9-23(10-7-14)19(26)17-5-2-12-27-17)22-15-3-1-4-16(13-15)24-11-8-21-20(24)28/h1-5,8,11-14H,6-7,9-10H2,(H,21,28)(H,22,25). The molecule has 0 radical (unpaired) electrons. The summed E-state index contributed by atoms with van der Waals surface area (Å²) in [4.78, 5) is 29.7. The van der Waals surface area contributed by atoms with Crippen LogP contribution in [0, 0.1) is 10.7 Å². The molecule has 4 rings (SSSR count). The van der Waals surface area contributed by atoms with Crippen molar-refractivity contribution < 1.29 is 14.0 Å². The molecule has 0 atom stereocenters. The first-order valence-corrected chi connectivity index (χ1v) is 9.53. The average Bonchev–Trinajstić information content (AvgIpc) is 3.39. The van der Waals surface area contributed by atoms with Crippen LogP contribution in [-0.2, 0) is 4.79 Å². The molecular formula is C20H20N4O3S. The third-order valence-electron chi connectivity index (χ3n) is 4.93. The zero-order chi connectivity index (χ0) is 19.5. The van der Waals surface area contributed by atoms with Gasteiger partial charge in [0.15, 0.2) is 10.5 Å². The molecule has 1 aliphatic heterocycles. The van der Waals surface area contributed by atoms with Crippen molar-refractivity contribution in [3.05, 3.63) is 65.6 Å². The molecule has 0 unspecified atom stereocenters. The lowest BCUT2D eigenvalue weighted by atomic mass is 9.95. The number of nitrogens with one attached hydrogen (secondary N) is 2. The molecule has 0 spiro atoms.